The summed E-state index contributed by atoms with van der Waals surface area (Å²) in [6, 6.07) is 6.89. The number of anilines is 1. The maximum Gasteiger partial charge on any atom is 0.172 e. The van der Waals surface area contributed by atoms with Crippen LogP contribution in [0.1, 0.15) is 24.7 Å². The second-order valence-corrected chi connectivity index (χ2v) is 8.20. The zero-order valence-electron chi connectivity index (χ0n) is 17.5. The average molecular weight is 453 g/mol. The van der Waals surface area contributed by atoms with Gasteiger partial charge in [-0.3, -0.25) is 9.25 Å². The van der Waals surface area contributed by atoms with Crippen molar-refractivity contribution in [3.63, 3.8) is 0 Å². The van der Waals surface area contributed by atoms with Crippen molar-refractivity contribution in [2.75, 3.05) is 18.8 Å². The molecule has 0 radical (unpaired) electrons. The molecular weight excluding hydrogens is 431 g/mol. The van der Waals surface area contributed by atoms with Crippen molar-refractivity contribution >= 4 is 17.4 Å². The van der Waals surface area contributed by atoms with Gasteiger partial charge in [-0.05, 0) is 51.1 Å². The summed E-state index contributed by atoms with van der Waals surface area (Å²) in [5.74, 6) is 0.762. The van der Waals surface area contributed by atoms with Gasteiger partial charge in [-0.1, -0.05) is 17.7 Å². The summed E-state index contributed by atoms with van der Waals surface area (Å²) < 4.78 is 17.8. The Hall–Kier alpha value is -3.30. The van der Waals surface area contributed by atoms with Gasteiger partial charge in [0, 0.05) is 23.5 Å². The molecule has 1 fully saturated rings. The topological polar surface area (TPSA) is 99.5 Å². The van der Waals surface area contributed by atoms with Crippen molar-refractivity contribution in [3.8, 4) is 28.2 Å². The third-order valence-corrected chi connectivity index (χ3v) is 6.15. The highest BCUT2D eigenvalue weighted by Crippen LogP contribution is 2.33. The van der Waals surface area contributed by atoms with Crippen molar-refractivity contribution in [1.82, 2.24) is 34.8 Å². The van der Waals surface area contributed by atoms with E-state index in [-0.39, 0.29) is 5.02 Å². The van der Waals surface area contributed by atoms with Crippen LogP contribution in [0.4, 0.5) is 10.2 Å². The number of benzene rings is 1. The quantitative estimate of drug-likeness (QED) is 0.488. The molecule has 0 bridgehead atoms. The zero-order valence-corrected chi connectivity index (χ0v) is 18.2. The van der Waals surface area contributed by atoms with Gasteiger partial charge >= 0.3 is 0 Å². The number of hydrogen-bond donors (Lipinski definition) is 2. The smallest absolute Gasteiger partial charge is 0.172 e. The van der Waals surface area contributed by atoms with Gasteiger partial charge in [0.2, 0.25) is 0 Å². The molecule has 1 aliphatic heterocycles. The van der Waals surface area contributed by atoms with E-state index in [1.54, 1.807) is 29.8 Å². The molecule has 4 aromatic rings. The number of halogens is 2. The Kier molecular flexibility index (Phi) is 5.36. The molecule has 1 aliphatic rings. The summed E-state index contributed by atoms with van der Waals surface area (Å²) in [4.78, 5) is 4.38. The lowest BCUT2D eigenvalue weighted by molar-refractivity contribution is 0.343. The Morgan fingerprint density at radius 3 is 2.78 bits per heavy atom. The van der Waals surface area contributed by atoms with Gasteiger partial charge in [-0.25, -0.2) is 9.37 Å². The number of nitrogens with zero attached hydrogens (tertiary/aromatic N) is 6. The van der Waals surface area contributed by atoms with E-state index in [0.717, 1.165) is 37.1 Å². The molecular formula is C22H22ClFN8. The van der Waals surface area contributed by atoms with E-state index in [2.05, 4.69) is 25.6 Å². The average Bonchev–Trinajstić information content (AvgIpc) is 3.44. The summed E-state index contributed by atoms with van der Waals surface area (Å²) in [7, 11) is 0. The molecule has 0 unspecified atom stereocenters. The monoisotopic (exact) mass is 452 g/mol. The Balaban J connectivity index is 1.56. The molecule has 3 aromatic heterocycles. The number of hydrogen-bond acceptors (Lipinski definition) is 6. The van der Waals surface area contributed by atoms with Crippen molar-refractivity contribution < 1.29 is 4.39 Å². The summed E-state index contributed by atoms with van der Waals surface area (Å²) >= 11 is 6.25. The largest absolute Gasteiger partial charge is 0.383 e. The van der Waals surface area contributed by atoms with E-state index in [0.29, 0.717) is 34.8 Å². The molecule has 1 saturated heterocycles. The maximum atomic E-state index is 14.1. The number of pyridine rings is 1. The maximum absolute atomic E-state index is 14.1. The van der Waals surface area contributed by atoms with E-state index in [1.165, 1.54) is 6.07 Å². The van der Waals surface area contributed by atoms with Gasteiger partial charge in [-0.15, -0.1) is 10.2 Å². The fourth-order valence-electron chi connectivity index (χ4n) is 4.06. The molecule has 164 valence electrons. The highest BCUT2D eigenvalue weighted by atomic mass is 35.5. The molecule has 1 aromatic carbocycles. The van der Waals surface area contributed by atoms with Gasteiger partial charge in [0.1, 0.15) is 22.5 Å². The highest BCUT2D eigenvalue weighted by molar-refractivity contribution is 6.32. The lowest BCUT2D eigenvalue weighted by Gasteiger charge is -2.22. The lowest BCUT2D eigenvalue weighted by Crippen LogP contribution is -2.29. The third kappa shape index (κ3) is 3.63. The first-order valence-electron chi connectivity index (χ1n) is 10.4. The summed E-state index contributed by atoms with van der Waals surface area (Å²) in [6.45, 7) is 3.75. The molecule has 5 rings (SSSR count). The minimum Gasteiger partial charge on any atom is -0.383 e. The first-order chi connectivity index (χ1) is 15.5. The predicted octanol–water partition coefficient (Wildman–Crippen LogP) is 3.80. The van der Waals surface area contributed by atoms with Gasteiger partial charge in [0.15, 0.2) is 5.82 Å². The van der Waals surface area contributed by atoms with Crippen molar-refractivity contribution in [2.45, 2.75) is 25.8 Å². The summed E-state index contributed by atoms with van der Waals surface area (Å²) in [5, 5.41) is 16.4. The molecule has 0 atom stereocenters. The first kappa shape index (κ1) is 20.6. The predicted molar refractivity (Wildman–Crippen MR) is 121 cm³/mol. The van der Waals surface area contributed by atoms with E-state index >= 15 is 0 Å². The van der Waals surface area contributed by atoms with E-state index in [9.17, 15) is 4.39 Å². The first-order valence-corrected chi connectivity index (χ1v) is 10.8. The molecule has 10 heteroatoms. The van der Waals surface area contributed by atoms with E-state index in [1.807, 2.05) is 23.1 Å². The molecule has 8 nitrogen and oxygen atoms in total. The second kappa shape index (κ2) is 8.33. The van der Waals surface area contributed by atoms with Crippen LogP contribution in [0.2, 0.25) is 5.02 Å². The van der Waals surface area contributed by atoms with Gasteiger partial charge < -0.3 is 11.1 Å². The van der Waals surface area contributed by atoms with Gasteiger partial charge in [-0.2, -0.15) is 5.10 Å². The normalized spacial score (nSPS) is 14.7. The Labute approximate surface area is 189 Å². The molecule has 4 heterocycles. The molecule has 0 spiro atoms. The molecule has 32 heavy (non-hydrogen) atoms. The van der Waals surface area contributed by atoms with E-state index < -0.39 is 5.82 Å². The van der Waals surface area contributed by atoms with Crippen LogP contribution in [0, 0.1) is 12.7 Å². The van der Waals surface area contributed by atoms with Crippen LogP contribution >= 0.6 is 11.6 Å². The minimum absolute atomic E-state index is 0.0115. The molecule has 0 amide bonds. The Morgan fingerprint density at radius 1 is 1.16 bits per heavy atom. The van der Waals surface area contributed by atoms with Crippen molar-refractivity contribution in [1.29, 1.82) is 0 Å². The SMILES string of the molecule is Cc1nnc(-c2cc(-c3cnn(C4CCNCC4)c3)cnc2N)n1-c1cccc(F)c1Cl. The number of aromatic nitrogens is 6. The second-order valence-electron chi connectivity index (χ2n) is 7.83. The number of nitrogens with two attached hydrogens (primary N) is 1. The van der Waals surface area contributed by atoms with Crippen LogP contribution in [0.25, 0.3) is 28.2 Å². The number of aryl methyl sites for hydroxylation is 1. The molecule has 3 N–H and O–H groups in total. The fourth-order valence-corrected chi connectivity index (χ4v) is 4.27. The van der Waals surface area contributed by atoms with Crippen LogP contribution in [0.5, 0.6) is 0 Å². The lowest BCUT2D eigenvalue weighted by atomic mass is 10.1. The number of nitrogen functional groups attached to an aromatic ring is 1. The highest BCUT2D eigenvalue weighted by Gasteiger charge is 2.21. The van der Waals surface area contributed by atoms with Crippen LogP contribution in [0.15, 0.2) is 42.9 Å². The number of nitrogens with one attached hydrogen (secondary N) is 1. The fraction of sp³-hybridized carbons (Fsp3) is 0.273. The molecule has 0 aliphatic carbocycles. The number of rotatable bonds is 4. The van der Waals surface area contributed by atoms with Gasteiger partial charge in [0.25, 0.3) is 0 Å². The van der Waals surface area contributed by atoms with Crippen LogP contribution in [-0.2, 0) is 0 Å². The third-order valence-electron chi connectivity index (χ3n) is 5.77. The molecule has 0 saturated carbocycles. The number of piperidine rings is 1. The Morgan fingerprint density at radius 2 is 1.97 bits per heavy atom. The van der Waals surface area contributed by atoms with Crippen molar-refractivity contribution in [2.24, 2.45) is 0 Å². The minimum atomic E-state index is -0.520. The Bertz CT molecular complexity index is 1270. The van der Waals surface area contributed by atoms with Crippen LogP contribution < -0.4 is 11.1 Å². The van der Waals surface area contributed by atoms with Crippen molar-refractivity contribution in [3.05, 3.63) is 59.5 Å². The van der Waals surface area contributed by atoms with Gasteiger partial charge in [0.05, 0.1) is 23.5 Å². The zero-order chi connectivity index (χ0) is 22.2. The van der Waals surface area contributed by atoms with Crippen LogP contribution in [-0.4, -0.2) is 42.6 Å². The van der Waals surface area contributed by atoms with E-state index in [4.69, 9.17) is 17.3 Å². The summed E-state index contributed by atoms with van der Waals surface area (Å²) in [6.07, 6.45) is 7.67. The van der Waals surface area contributed by atoms with Crippen LogP contribution in [0.3, 0.4) is 0 Å². The standard InChI is InChI=1S/C22H22ClFN8/c1-13-29-30-22(32(13)19-4-2-3-18(24)20(19)23)17-9-14(10-27-21(17)25)15-11-28-31(12-15)16-5-7-26-8-6-16/h2-4,9-12,16,26H,5-8H2,1H3,(H2,25,27). The summed E-state index contributed by atoms with van der Waals surface area (Å²) in [5.41, 5.74) is 9.03.